The molecule has 0 saturated heterocycles. The molecule has 0 bridgehead atoms. The van der Waals surface area contributed by atoms with Crippen LogP contribution in [0.3, 0.4) is 0 Å². The zero-order chi connectivity index (χ0) is 14.8. The van der Waals surface area contributed by atoms with E-state index in [0.717, 1.165) is 11.1 Å². The van der Waals surface area contributed by atoms with E-state index in [1.807, 2.05) is 43.3 Å². The molecule has 1 rings (SSSR count). The number of rotatable bonds is 8. The van der Waals surface area contributed by atoms with Crippen molar-refractivity contribution in [2.75, 3.05) is 13.2 Å². The molecule has 1 aromatic rings. The Morgan fingerprint density at radius 2 is 2.05 bits per heavy atom. The van der Waals surface area contributed by atoms with Gasteiger partial charge in [-0.05, 0) is 19.4 Å². The van der Waals surface area contributed by atoms with Gasteiger partial charge in [0, 0.05) is 6.42 Å². The van der Waals surface area contributed by atoms with Crippen molar-refractivity contribution in [2.45, 2.75) is 33.0 Å². The molecule has 1 atom stereocenters. The molecule has 4 heteroatoms. The monoisotopic (exact) mass is 278 g/mol. The Labute approximate surface area is 120 Å². The first kappa shape index (κ1) is 16.4. The van der Waals surface area contributed by atoms with Crippen molar-refractivity contribution in [3.05, 3.63) is 47.5 Å². The maximum absolute atomic E-state index is 11.3. The molecule has 20 heavy (non-hydrogen) atoms. The number of aliphatic hydroxyl groups is 1. The Bertz CT molecular complexity index is 425. The van der Waals surface area contributed by atoms with Gasteiger partial charge in [-0.15, -0.1) is 0 Å². The van der Waals surface area contributed by atoms with Crippen molar-refractivity contribution in [1.82, 2.24) is 0 Å². The molecule has 0 aliphatic carbocycles. The quantitative estimate of drug-likeness (QED) is 0.451. The van der Waals surface area contributed by atoms with Crippen LogP contribution < -0.4 is 0 Å². The Morgan fingerprint density at radius 1 is 1.35 bits per heavy atom. The summed E-state index contributed by atoms with van der Waals surface area (Å²) in [5, 5.41) is 9.60. The lowest BCUT2D eigenvalue weighted by atomic mass is 10.1. The van der Waals surface area contributed by atoms with Gasteiger partial charge in [-0.1, -0.05) is 42.0 Å². The van der Waals surface area contributed by atoms with Gasteiger partial charge >= 0.3 is 5.97 Å². The minimum absolute atomic E-state index is 0.271. The van der Waals surface area contributed by atoms with E-state index in [2.05, 4.69) is 0 Å². The molecule has 0 aliphatic heterocycles. The van der Waals surface area contributed by atoms with Crippen LogP contribution in [0.15, 0.2) is 42.0 Å². The Balaban J connectivity index is 2.26. The van der Waals surface area contributed by atoms with Gasteiger partial charge in [0.25, 0.3) is 0 Å². The van der Waals surface area contributed by atoms with Gasteiger partial charge in [-0.3, -0.25) is 0 Å². The summed E-state index contributed by atoms with van der Waals surface area (Å²) in [7, 11) is 0. The molecule has 0 fully saturated rings. The molecular formula is C16H22O4. The molecule has 1 N–H and O–H groups in total. The van der Waals surface area contributed by atoms with Crippen molar-refractivity contribution in [2.24, 2.45) is 0 Å². The highest BCUT2D eigenvalue weighted by Crippen LogP contribution is 2.07. The number of ether oxygens (including phenoxy) is 2. The molecule has 0 aliphatic rings. The van der Waals surface area contributed by atoms with Crippen LogP contribution in [-0.2, 0) is 20.9 Å². The zero-order valence-corrected chi connectivity index (χ0v) is 12.0. The Hall–Kier alpha value is -1.65. The summed E-state index contributed by atoms with van der Waals surface area (Å²) in [6.45, 7) is 4.85. The van der Waals surface area contributed by atoms with Crippen molar-refractivity contribution in [3.8, 4) is 0 Å². The van der Waals surface area contributed by atoms with Gasteiger partial charge in [-0.2, -0.15) is 0 Å². The lowest BCUT2D eigenvalue weighted by Crippen LogP contribution is -2.23. The smallest absolute Gasteiger partial charge is 0.335 e. The molecule has 0 spiro atoms. The standard InChI is InChI=1S/C16H22O4/c1-3-20-16(18)15(17)11-13(2)9-10-19-12-14-7-5-4-6-8-14/h4-9,15,17H,3,10-12H2,1-2H3/b13-9+. The Kier molecular flexibility index (Phi) is 7.62. The number of carbonyl (C=O) groups is 1. The summed E-state index contributed by atoms with van der Waals surface area (Å²) < 4.78 is 10.2. The SMILES string of the molecule is CCOC(=O)C(O)C/C(C)=C/COCc1ccccc1. The fourth-order valence-electron chi connectivity index (χ4n) is 1.66. The van der Waals surface area contributed by atoms with Gasteiger partial charge in [0.05, 0.1) is 19.8 Å². The van der Waals surface area contributed by atoms with Crippen molar-refractivity contribution >= 4 is 5.97 Å². The van der Waals surface area contributed by atoms with Gasteiger partial charge in [0.15, 0.2) is 6.10 Å². The number of hydrogen-bond acceptors (Lipinski definition) is 4. The summed E-state index contributed by atoms with van der Waals surface area (Å²) in [6, 6.07) is 9.90. The van der Waals surface area contributed by atoms with Crippen molar-refractivity contribution < 1.29 is 19.4 Å². The van der Waals surface area contributed by atoms with Crippen LogP contribution in [-0.4, -0.2) is 30.4 Å². The maximum atomic E-state index is 11.3. The average Bonchev–Trinajstić information content (AvgIpc) is 2.45. The molecule has 0 amide bonds. The van der Waals surface area contributed by atoms with E-state index < -0.39 is 12.1 Å². The predicted molar refractivity (Wildman–Crippen MR) is 77.1 cm³/mol. The number of aliphatic hydroxyl groups excluding tert-OH is 1. The highest BCUT2D eigenvalue weighted by atomic mass is 16.5. The first-order valence-electron chi connectivity index (χ1n) is 6.75. The van der Waals surface area contributed by atoms with Gasteiger partial charge in [0.2, 0.25) is 0 Å². The second-order valence-corrected chi connectivity index (χ2v) is 4.52. The first-order chi connectivity index (χ1) is 9.63. The highest BCUT2D eigenvalue weighted by molar-refractivity contribution is 5.74. The second-order valence-electron chi connectivity index (χ2n) is 4.52. The topological polar surface area (TPSA) is 55.8 Å². The Morgan fingerprint density at radius 3 is 2.70 bits per heavy atom. The lowest BCUT2D eigenvalue weighted by Gasteiger charge is -2.09. The third-order valence-electron chi connectivity index (χ3n) is 2.74. The van der Waals surface area contributed by atoms with Crippen LogP contribution in [0.1, 0.15) is 25.8 Å². The molecule has 1 aromatic carbocycles. The first-order valence-corrected chi connectivity index (χ1v) is 6.75. The molecule has 4 nitrogen and oxygen atoms in total. The minimum atomic E-state index is -1.10. The minimum Gasteiger partial charge on any atom is -0.464 e. The van der Waals surface area contributed by atoms with Crippen LogP contribution >= 0.6 is 0 Å². The predicted octanol–water partition coefficient (Wildman–Crippen LogP) is 2.46. The van der Waals surface area contributed by atoms with Gasteiger partial charge in [0.1, 0.15) is 0 Å². The largest absolute Gasteiger partial charge is 0.464 e. The van der Waals surface area contributed by atoms with Crippen LogP contribution in [0.4, 0.5) is 0 Å². The lowest BCUT2D eigenvalue weighted by molar-refractivity contribution is -0.152. The molecule has 110 valence electrons. The van der Waals surface area contributed by atoms with Gasteiger partial charge < -0.3 is 14.6 Å². The van der Waals surface area contributed by atoms with Crippen LogP contribution in [0.5, 0.6) is 0 Å². The second kappa shape index (κ2) is 9.28. The van der Waals surface area contributed by atoms with Crippen LogP contribution in [0.2, 0.25) is 0 Å². The van der Waals surface area contributed by atoms with Crippen LogP contribution in [0.25, 0.3) is 0 Å². The van der Waals surface area contributed by atoms with Crippen molar-refractivity contribution in [3.63, 3.8) is 0 Å². The van der Waals surface area contributed by atoms with E-state index in [4.69, 9.17) is 9.47 Å². The molecule has 1 unspecified atom stereocenters. The van der Waals surface area contributed by atoms with E-state index in [1.54, 1.807) is 6.92 Å². The number of carbonyl (C=O) groups excluding carboxylic acids is 1. The van der Waals surface area contributed by atoms with E-state index in [0.29, 0.717) is 13.2 Å². The fraction of sp³-hybridized carbons (Fsp3) is 0.438. The van der Waals surface area contributed by atoms with E-state index in [9.17, 15) is 9.90 Å². The van der Waals surface area contributed by atoms with Gasteiger partial charge in [-0.25, -0.2) is 4.79 Å². The third-order valence-corrected chi connectivity index (χ3v) is 2.74. The number of hydrogen-bond donors (Lipinski definition) is 1. The van der Waals surface area contributed by atoms with E-state index in [1.165, 1.54) is 0 Å². The molecule has 0 heterocycles. The molecule has 0 saturated carbocycles. The molecular weight excluding hydrogens is 256 g/mol. The third kappa shape index (κ3) is 6.50. The van der Waals surface area contributed by atoms with Crippen molar-refractivity contribution in [1.29, 1.82) is 0 Å². The number of benzene rings is 1. The number of esters is 1. The normalized spacial score (nSPS) is 13.1. The maximum Gasteiger partial charge on any atom is 0.335 e. The summed E-state index contributed by atoms with van der Waals surface area (Å²) in [5.41, 5.74) is 2.02. The summed E-state index contributed by atoms with van der Waals surface area (Å²) in [6.07, 6.45) is 1.04. The summed E-state index contributed by atoms with van der Waals surface area (Å²) in [5.74, 6) is -0.578. The van der Waals surface area contributed by atoms with E-state index >= 15 is 0 Å². The highest BCUT2D eigenvalue weighted by Gasteiger charge is 2.15. The fourth-order valence-corrected chi connectivity index (χ4v) is 1.66. The van der Waals surface area contributed by atoms with Crippen LogP contribution in [0, 0.1) is 0 Å². The summed E-state index contributed by atoms with van der Waals surface area (Å²) in [4.78, 5) is 11.3. The zero-order valence-electron chi connectivity index (χ0n) is 12.0. The summed E-state index contributed by atoms with van der Waals surface area (Å²) >= 11 is 0. The molecule has 0 aromatic heterocycles. The molecule has 0 radical (unpaired) electrons. The average molecular weight is 278 g/mol. The van der Waals surface area contributed by atoms with E-state index in [-0.39, 0.29) is 13.0 Å².